The van der Waals surface area contributed by atoms with Crippen LogP contribution in [0.2, 0.25) is 0 Å². The molecule has 1 N–H and O–H groups in total. The smallest absolute Gasteiger partial charge is 0.0716 e. The van der Waals surface area contributed by atoms with Gasteiger partial charge in [0.2, 0.25) is 0 Å². The first kappa shape index (κ1) is 14.1. The van der Waals surface area contributed by atoms with Crippen molar-refractivity contribution in [3.8, 4) is 0 Å². The third kappa shape index (κ3) is 3.60. The Morgan fingerprint density at radius 3 is 2.45 bits per heavy atom. The van der Waals surface area contributed by atoms with E-state index in [0.29, 0.717) is 12.5 Å². The molecule has 0 bridgehead atoms. The summed E-state index contributed by atoms with van der Waals surface area (Å²) in [4.78, 5) is 10.8. The minimum Gasteiger partial charge on any atom is -0.545 e. The zero-order valence-electron chi connectivity index (χ0n) is 11.7. The predicted molar refractivity (Wildman–Crippen MR) is 78.6 cm³/mol. The summed E-state index contributed by atoms with van der Waals surface area (Å²) in [6.07, 6.45) is 0. The van der Waals surface area contributed by atoms with Gasteiger partial charge < -0.3 is 15.2 Å². The van der Waals surface area contributed by atoms with Gasteiger partial charge in [0.1, 0.15) is 0 Å². The number of carbonyl (C=O) groups excluding carboxylic acids is 1. The van der Waals surface area contributed by atoms with E-state index < -0.39 is 5.97 Å². The average molecular weight is 268 g/mol. The van der Waals surface area contributed by atoms with Crippen molar-refractivity contribution in [2.45, 2.75) is 26.3 Å². The van der Waals surface area contributed by atoms with Gasteiger partial charge in [-0.25, -0.2) is 0 Å². The molecule has 0 aliphatic heterocycles. The Morgan fingerprint density at radius 1 is 1.15 bits per heavy atom. The Kier molecular flexibility index (Phi) is 4.41. The molecule has 0 radical (unpaired) electrons. The maximum absolute atomic E-state index is 10.8. The van der Waals surface area contributed by atoms with Gasteiger partial charge >= 0.3 is 0 Å². The molecule has 2 aromatic rings. The van der Waals surface area contributed by atoms with Gasteiger partial charge in [0.25, 0.3) is 0 Å². The predicted octanol–water partition coefficient (Wildman–Crippen LogP) is 2.79. The van der Waals surface area contributed by atoms with Crippen LogP contribution in [0.3, 0.4) is 0 Å². The van der Waals surface area contributed by atoms with Crippen LogP contribution in [0.1, 0.15) is 41.3 Å². The van der Waals surface area contributed by atoms with Crippen molar-refractivity contribution in [3.05, 3.63) is 65.2 Å². The van der Waals surface area contributed by atoms with Crippen LogP contribution >= 0.6 is 0 Å². The van der Waals surface area contributed by atoms with Crippen LogP contribution in [0.4, 0.5) is 5.69 Å². The van der Waals surface area contributed by atoms with Crippen molar-refractivity contribution >= 4 is 11.7 Å². The summed E-state index contributed by atoms with van der Waals surface area (Å²) in [5, 5.41) is 14.0. The molecule has 3 nitrogen and oxygen atoms in total. The van der Waals surface area contributed by atoms with Crippen molar-refractivity contribution in [2.75, 3.05) is 5.32 Å². The highest BCUT2D eigenvalue weighted by Gasteiger charge is 2.00. The third-order valence-electron chi connectivity index (χ3n) is 3.24. The van der Waals surface area contributed by atoms with Crippen LogP contribution < -0.4 is 10.4 Å². The Morgan fingerprint density at radius 2 is 1.85 bits per heavy atom. The van der Waals surface area contributed by atoms with Gasteiger partial charge in [0, 0.05) is 12.2 Å². The van der Waals surface area contributed by atoms with E-state index >= 15 is 0 Å². The molecule has 0 unspecified atom stereocenters. The third-order valence-corrected chi connectivity index (χ3v) is 3.24. The van der Waals surface area contributed by atoms with E-state index in [-0.39, 0.29) is 5.56 Å². The second-order valence-corrected chi connectivity index (χ2v) is 5.12. The van der Waals surface area contributed by atoms with Crippen LogP contribution in [0.5, 0.6) is 0 Å². The fourth-order valence-electron chi connectivity index (χ4n) is 1.98. The summed E-state index contributed by atoms with van der Waals surface area (Å²) in [5.41, 5.74) is 3.44. The molecule has 0 fully saturated rings. The fraction of sp³-hybridized carbons (Fsp3) is 0.235. The SMILES string of the molecule is CC(C)c1ccc(CNc2cccc(C(=O)[O-])c2)cc1. The number of hydrogen-bond acceptors (Lipinski definition) is 3. The molecular weight excluding hydrogens is 250 g/mol. The molecule has 3 heteroatoms. The molecule has 2 rings (SSSR count). The summed E-state index contributed by atoms with van der Waals surface area (Å²) in [5.74, 6) is -0.633. The molecular formula is C17H18NO2-. The van der Waals surface area contributed by atoms with E-state index in [2.05, 4.69) is 43.4 Å². The van der Waals surface area contributed by atoms with Crippen LogP contribution in [0, 0.1) is 0 Å². The van der Waals surface area contributed by atoms with Crippen LogP contribution in [-0.4, -0.2) is 5.97 Å². The normalized spacial score (nSPS) is 10.6. The van der Waals surface area contributed by atoms with Gasteiger partial charge in [-0.15, -0.1) is 0 Å². The van der Waals surface area contributed by atoms with Crippen molar-refractivity contribution in [2.24, 2.45) is 0 Å². The van der Waals surface area contributed by atoms with Crippen LogP contribution in [0.25, 0.3) is 0 Å². The van der Waals surface area contributed by atoms with Crippen molar-refractivity contribution < 1.29 is 9.90 Å². The van der Waals surface area contributed by atoms with Gasteiger partial charge in [0.05, 0.1) is 5.97 Å². The maximum Gasteiger partial charge on any atom is 0.0716 e. The molecule has 2 aromatic carbocycles. The number of carboxylic acids is 1. The lowest BCUT2D eigenvalue weighted by Crippen LogP contribution is -2.22. The van der Waals surface area contributed by atoms with Gasteiger partial charge in [0.15, 0.2) is 0 Å². The van der Waals surface area contributed by atoms with E-state index in [1.807, 2.05) is 6.07 Å². The van der Waals surface area contributed by atoms with Crippen molar-refractivity contribution in [1.82, 2.24) is 0 Å². The largest absolute Gasteiger partial charge is 0.545 e. The summed E-state index contributed by atoms with van der Waals surface area (Å²) >= 11 is 0. The molecule has 0 saturated carbocycles. The zero-order chi connectivity index (χ0) is 14.5. The highest BCUT2D eigenvalue weighted by Crippen LogP contribution is 2.16. The molecule has 104 valence electrons. The van der Waals surface area contributed by atoms with E-state index in [0.717, 1.165) is 11.3 Å². The second-order valence-electron chi connectivity index (χ2n) is 5.12. The summed E-state index contributed by atoms with van der Waals surface area (Å²) in [6.45, 7) is 4.99. The number of carboxylic acid groups (broad SMARTS) is 1. The number of aromatic carboxylic acids is 1. The minimum absolute atomic E-state index is 0.185. The quantitative estimate of drug-likeness (QED) is 0.907. The Hall–Kier alpha value is -2.29. The van der Waals surface area contributed by atoms with E-state index in [4.69, 9.17) is 0 Å². The highest BCUT2D eigenvalue weighted by atomic mass is 16.4. The molecule has 0 aliphatic rings. The van der Waals surface area contributed by atoms with Crippen LogP contribution in [0.15, 0.2) is 48.5 Å². The zero-order valence-corrected chi connectivity index (χ0v) is 11.7. The number of nitrogens with one attached hydrogen (secondary N) is 1. The lowest BCUT2D eigenvalue weighted by molar-refractivity contribution is -0.255. The van der Waals surface area contributed by atoms with Gasteiger partial charge in [-0.3, -0.25) is 0 Å². The first-order chi connectivity index (χ1) is 9.56. The molecule has 0 aromatic heterocycles. The Balaban J connectivity index is 2.01. The molecule has 0 heterocycles. The van der Waals surface area contributed by atoms with E-state index in [1.54, 1.807) is 12.1 Å². The van der Waals surface area contributed by atoms with E-state index in [9.17, 15) is 9.90 Å². The molecule has 20 heavy (non-hydrogen) atoms. The maximum atomic E-state index is 10.8. The van der Waals surface area contributed by atoms with Gasteiger partial charge in [-0.05, 0) is 34.7 Å². The number of carbonyl (C=O) groups is 1. The molecule has 0 atom stereocenters. The van der Waals surface area contributed by atoms with E-state index in [1.165, 1.54) is 11.6 Å². The first-order valence-corrected chi connectivity index (χ1v) is 6.70. The fourth-order valence-corrected chi connectivity index (χ4v) is 1.98. The Bertz CT molecular complexity index is 588. The number of rotatable bonds is 5. The lowest BCUT2D eigenvalue weighted by atomic mass is 10.0. The first-order valence-electron chi connectivity index (χ1n) is 6.70. The lowest BCUT2D eigenvalue weighted by Gasteiger charge is -2.10. The number of benzene rings is 2. The average Bonchev–Trinajstić information content (AvgIpc) is 2.46. The number of hydrogen-bond donors (Lipinski definition) is 1. The monoisotopic (exact) mass is 268 g/mol. The minimum atomic E-state index is -1.16. The second kappa shape index (κ2) is 6.24. The standard InChI is InChI=1S/C17H19NO2/c1-12(2)14-8-6-13(7-9-14)11-18-16-5-3-4-15(10-16)17(19)20/h3-10,12,18H,11H2,1-2H3,(H,19,20)/p-1. The molecule has 0 spiro atoms. The Labute approximate surface area is 119 Å². The highest BCUT2D eigenvalue weighted by molar-refractivity contribution is 5.87. The summed E-state index contributed by atoms with van der Waals surface area (Å²) in [6, 6.07) is 15.1. The topological polar surface area (TPSA) is 52.2 Å². The van der Waals surface area contributed by atoms with Crippen molar-refractivity contribution in [3.63, 3.8) is 0 Å². The number of anilines is 1. The summed E-state index contributed by atoms with van der Waals surface area (Å²) < 4.78 is 0. The molecule has 0 aliphatic carbocycles. The van der Waals surface area contributed by atoms with Crippen LogP contribution in [-0.2, 0) is 6.54 Å². The summed E-state index contributed by atoms with van der Waals surface area (Å²) in [7, 11) is 0. The van der Waals surface area contributed by atoms with Gasteiger partial charge in [-0.2, -0.15) is 0 Å². The van der Waals surface area contributed by atoms with Crippen molar-refractivity contribution in [1.29, 1.82) is 0 Å². The molecule has 0 amide bonds. The molecule has 0 saturated heterocycles. The van der Waals surface area contributed by atoms with Gasteiger partial charge in [-0.1, -0.05) is 50.2 Å².